The summed E-state index contributed by atoms with van der Waals surface area (Å²) in [7, 11) is 0. The van der Waals surface area contributed by atoms with E-state index in [1.54, 1.807) is 12.2 Å². The van der Waals surface area contributed by atoms with Crippen LogP contribution in [0.3, 0.4) is 0 Å². The van der Waals surface area contributed by atoms with E-state index in [-0.39, 0.29) is 37.7 Å². The van der Waals surface area contributed by atoms with Gasteiger partial charge in [0.15, 0.2) is 6.10 Å². The van der Waals surface area contributed by atoms with E-state index in [0.717, 1.165) is 128 Å². The lowest BCUT2D eigenvalue weighted by Gasteiger charge is -2.18. The van der Waals surface area contributed by atoms with Gasteiger partial charge < -0.3 is 14.2 Å². The van der Waals surface area contributed by atoms with Crippen LogP contribution in [-0.4, -0.2) is 48.6 Å². The molecule has 0 bridgehead atoms. The molecular formula is C59H98O8. The van der Waals surface area contributed by atoms with Crippen LogP contribution in [0.5, 0.6) is 0 Å². The Labute approximate surface area is 410 Å². The molecule has 0 aliphatic heterocycles. The van der Waals surface area contributed by atoms with E-state index in [1.165, 1.54) is 76.7 Å². The van der Waals surface area contributed by atoms with E-state index >= 15 is 0 Å². The number of carbonyl (C=O) groups excluding carboxylic acids is 3. The normalized spacial score (nSPS) is 13.3. The molecule has 8 heteroatoms. The Morgan fingerprint density at radius 3 is 1.36 bits per heavy atom. The van der Waals surface area contributed by atoms with E-state index in [0.29, 0.717) is 6.42 Å². The minimum Gasteiger partial charge on any atom is -0.462 e. The zero-order valence-electron chi connectivity index (χ0n) is 42.9. The molecule has 0 aliphatic rings. The SMILES string of the molecule is CCCCC/C=C\C/C=C\CCCCCCCC(=O)OCC(COC(=O)C=CC=CC=CC=CCCCCC(CCCCCC)OO)OC(=O)CCCCCCC/C=C\C/C=C\CCCCC. The average Bonchev–Trinajstić information content (AvgIpc) is 3.33. The largest absolute Gasteiger partial charge is 0.462 e. The summed E-state index contributed by atoms with van der Waals surface area (Å²) < 4.78 is 16.6. The molecule has 0 heterocycles. The van der Waals surface area contributed by atoms with Crippen LogP contribution < -0.4 is 0 Å². The number of esters is 3. The number of hydrogen-bond acceptors (Lipinski definition) is 8. The summed E-state index contributed by atoms with van der Waals surface area (Å²) in [4.78, 5) is 42.6. The maximum Gasteiger partial charge on any atom is 0.330 e. The lowest BCUT2D eigenvalue weighted by molar-refractivity contribution is -0.281. The first-order valence-electron chi connectivity index (χ1n) is 27.0. The minimum absolute atomic E-state index is 0.0633. The van der Waals surface area contributed by atoms with Crippen molar-refractivity contribution in [3.05, 3.63) is 97.2 Å². The van der Waals surface area contributed by atoms with Crippen molar-refractivity contribution < 1.29 is 38.7 Å². The Kier molecular flexibility index (Phi) is 50.2. The molecule has 2 atom stereocenters. The van der Waals surface area contributed by atoms with Gasteiger partial charge in [0.1, 0.15) is 13.2 Å². The van der Waals surface area contributed by atoms with Gasteiger partial charge in [0.25, 0.3) is 0 Å². The third-order valence-electron chi connectivity index (χ3n) is 11.4. The summed E-state index contributed by atoms with van der Waals surface area (Å²) in [5.74, 6) is -1.29. The summed E-state index contributed by atoms with van der Waals surface area (Å²) in [6.07, 6.45) is 65.8. The predicted molar refractivity (Wildman–Crippen MR) is 282 cm³/mol. The van der Waals surface area contributed by atoms with Gasteiger partial charge >= 0.3 is 17.9 Å². The number of rotatable bonds is 48. The van der Waals surface area contributed by atoms with Gasteiger partial charge in [-0.25, -0.2) is 9.68 Å². The topological polar surface area (TPSA) is 108 Å². The summed E-state index contributed by atoms with van der Waals surface area (Å²) in [6.45, 7) is 6.30. The van der Waals surface area contributed by atoms with E-state index in [1.807, 2.05) is 24.3 Å². The van der Waals surface area contributed by atoms with E-state index < -0.39 is 12.1 Å². The molecule has 0 radical (unpaired) electrons. The smallest absolute Gasteiger partial charge is 0.330 e. The molecule has 8 nitrogen and oxygen atoms in total. The van der Waals surface area contributed by atoms with Gasteiger partial charge in [-0.05, 0) is 103 Å². The quantitative estimate of drug-likeness (QED) is 0.00939. The molecule has 0 aliphatic carbocycles. The molecule has 0 saturated heterocycles. The van der Waals surface area contributed by atoms with Crippen molar-refractivity contribution >= 4 is 17.9 Å². The Bertz CT molecular complexity index is 1370. The van der Waals surface area contributed by atoms with Crippen LogP contribution in [-0.2, 0) is 33.5 Å². The van der Waals surface area contributed by atoms with E-state index in [4.69, 9.17) is 19.5 Å². The van der Waals surface area contributed by atoms with Gasteiger partial charge in [0, 0.05) is 18.9 Å². The fourth-order valence-corrected chi connectivity index (χ4v) is 7.25. The molecule has 0 aromatic carbocycles. The maximum absolute atomic E-state index is 12.8. The van der Waals surface area contributed by atoms with Crippen LogP contribution in [0.15, 0.2) is 97.2 Å². The van der Waals surface area contributed by atoms with Crippen molar-refractivity contribution in [3.8, 4) is 0 Å². The lowest BCUT2D eigenvalue weighted by Crippen LogP contribution is -2.30. The van der Waals surface area contributed by atoms with Crippen molar-refractivity contribution in [2.45, 2.75) is 245 Å². The molecule has 0 rings (SSSR count). The molecule has 0 fully saturated rings. The Morgan fingerprint density at radius 1 is 0.403 bits per heavy atom. The highest BCUT2D eigenvalue weighted by molar-refractivity contribution is 5.82. The minimum atomic E-state index is -0.873. The maximum atomic E-state index is 12.8. The number of allylic oxidation sites excluding steroid dienone is 15. The zero-order chi connectivity index (χ0) is 48.8. The van der Waals surface area contributed by atoms with Gasteiger partial charge in [-0.15, -0.1) is 0 Å². The van der Waals surface area contributed by atoms with Gasteiger partial charge in [-0.3, -0.25) is 14.8 Å². The lowest BCUT2D eigenvalue weighted by atomic mass is 10.0. The highest BCUT2D eigenvalue weighted by Gasteiger charge is 2.19. The van der Waals surface area contributed by atoms with Gasteiger partial charge in [-0.1, -0.05) is 208 Å². The second-order valence-corrected chi connectivity index (χ2v) is 17.8. The van der Waals surface area contributed by atoms with Crippen LogP contribution in [0.4, 0.5) is 0 Å². The summed E-state index contributed by atoms with van der Waals surface area (Å²) in [5, 5.41) is 9.15. The highest BCUT2D eigenvalue weighted by Crippen LogP contribution is 2.15. The van der Waals surface area contributed by atoms with Gasteiger partial charge in [-0.2, -0.15) is 0 Å². The molecule has 0 spiro atoms. The van der Waals surface area contributed by atoms with Crippen molar-refractivity contribution in [2.24, 2.45) is 0 Å². The van der Waals surface area contributed by atoms with Crippen LogP contribution in [0.1, 0.15) is 233 Å². The standard InChI is InChI=1S/C59H98O8/c1-4-7-10-13-15-17-19-21-23-25-27-32-36-40-45-50-57(60)64-53-56(66-59(62)52-47-42-38-34-28-26-24-22-20-18-16-14-11-8-5-2)54-65-58(61)51-46-41-37-33-30-29-31-35-39-44-49-55(67-63)48-43-12-9-6-3/h15-18,21-24,29-31,33,37,41,46,51,55-56,63H,4-14,19-20,25-28,32,34-36,38-40,42-45,47-50,52-54H2,1-3H3/b17-15-,18-16-,23-21-,24-22-,31-29?,33-30?,41-37?,51-46?. The molecule has 0 aromatic rings. The van der Waals surface area contributed by atoms with Crippen LogP contribution in [0.25, 0.3) is 0 Å². The number of unbranched alkanes of at least 4 members (excludes halogenated alkanes) is 21. The molecule has 0 saturated carbocycles. The first-order valence-corrected chi connectivity index (χ1v) is 27.0. The van der Waals surface area contributed by atoms with Crippen LogP contribution in [0, 0.1) is 0 Å². The van der Waals surface area contributed by atoms with Gasteiger partial charge in [0.2, 0.25) is 0 Å². The number of carbonyl (C=O) groups is 3. The van der Waals surface area contributed by atoms with Crippen molar-refractivity contribution in [3.63, 3.8) is 0 Å². The highest BCUT2D eigenvalue weighted by atomic mass is 17.1. The first kappa shape index (κ1) is 63.2. The van der Waals surface area contributed by atoms with Crippen molar-refractivity contribution in [2.75, 3.05) is 13.2 Å². The average molecular weight is 935 g/mol. The number of hydrogen-bond donors (Lipinski definition) is 1. The van der Waals surface area contributed by atoms with Crippen LogP contribution in [0.2, 0.25) is 0 Å². The third-order valence-corrected chi connectivity index (χ3v) is 11.4. The Hall–Kier alpha value is -3.75. The summed E-state index contributed by atoms with van der Waals surface area (Å²) in [6, 6.07) is 0. The van der Waals surface area contributed by atoms with Crippen molar-refractivity contribution in [1.82, 2.24) is 0 Å². The van der Waals surface area contributed by atoms with Gasteiger partial charge in [0.05, 0.1) is 6.10 Å². The monoisotopic (exact) mass is 935 g/mol. The van der Waals surface area contributed by atoms with E-state index in [9.17, 15) is 14.4 Å². The van der Waals surface area contributed by atoms with Crippen molar-refractivity contribution in [1.29, 1.82) is 0 Å². The molecule has 0 amide bonds. The molecule has 2 unspecified atom stereocenters. The van der Waals surface area contributed by atoms with E-state index in [2.05, 4.69) is 80.3 Å². The summed E-state index contributed by atoms with van der Waals surface area (Å²) >= 11 is 0. The third kappa shape index (κ3) is 50.0. The molecule has 382 valence electrons. The second-order valence-electron chi connectivity index (χ2n) is 17.8. The molecule has 0 aromatic heterocycles. The molecule has 67 heavy (non-hydrogen) atoms. The Balaban J connectivity index is 4.67. The first-order chi connectivity index (χ1) is 33.0. The van der Waals surface area contributed by atoms with Crippen LogP contribution >= 0.6 is 0 Å². The fourth-order valence-electron chi connectivity index (χ4n) is 7.25. The summed E-state index contributed by atoms with van der Waals surface area (Å²) in [5.41, 5.74) is 0. The predicted octanol–water partition coefficient (Wildman–Crippen LogP) is 17.2. The Morgan fingerprint density at radius 2 is 0.806 bits per heavy atom. The molecule has 1 N–H and O–H groups in total. The fraction of sp³-hybridized carbons (Fsp3) is 0.678. The zero-order valence-corrected chi connectivity index (χ0v) is 42.9. The second kappa shape index (κ2) is 53.2. The molecular weight excluding hydrogens is 837 g/mol. The number of ether oxygens (including phenoxy) is 3.